The number of para-hydroxylation sites is 1. The molecule has 2 aromatic carbocycles. The molecule has 17 heavy (non-hydrogen) atoms. The second-order valence-electron chi connectivity index (χ2n) is 3.58. The lowest BCUT2D eigenvalue weighted by Gasteiger charge is -2.10. The lowest BCUT2D eigenvalue weighted by atomic mass is 10.2. The van der Waals surface area contributed by atoms with Gasteiger partial charge in [-0.15, -0.1) is 0 Å². The molecule has 2 rings (SSSR count). The van der Waals surface area contributed by atoms with E-state index in [1.54, 1.807) is 18.2 Å². The van der Waals surface area contributed by atoms with Crippen LogP contribution in [-0.2, 0) is 6.54 Å². The van der Waals surface area contributed by atoms with E-state index < -0.39 is 0 Å². The van der Waals surface area contributed by atoms with E-state index in [4.69, 9.17) is 11.6 Å². The van der Waals surface area contributed by atoms with Crippen molar-refractivity contribution in [1.29, 1.82) is 0 Å². The van der Waals surface area contributed by atoms with Crippen molar-refractivity contribution in [1.82, 2.24) is 5.43 Å². The number of hydrogen-bond acceptors (Lipinski definition) is 3. The monoisotopic (exact) mass is 248 g/mol. The maximum atomic E-state index is 9.64. The second kappa shape index (κ2) is 5.57. The average Bonchev–Trinajstić information content (AvgIpc) is 2.34. The summed E-state index contributed by atoms with van der Waals surface area (Å²) in [4.78, 5) is 0. The van der Waals surface area contributed by atoms with Crippen LogP contribution in [0.1, 0.15) is 5.56 Å². The van der Waals surface area contributed by atoms with Crippen molar-refractivity contribution in [2.24, 2.45) is 0 Å². The summed E-state index contributed by atoms with van der Waals surface area (Å²) in [6, 6.07) is 14.8. The van der Waals surface area contributed by atoms with Crippen molar-refractivity contribution in [3.05, 3.63) is 59.1 Å². The van der Waals surface area contributed by atoms with Crippen molar-refractivity contribution in [3.8, 4) is 5.75 Å². The first-order valence-corrected chi connectivity index (χ1v) is 5.65. The molecular formula is C13H13ClN2O. The molecule has 3 N–H and O–H groups in total. The molecule has 4 heteroatoms. The van der Waals surface area contributed by atoms with Crippen LogP contribution < -0.4 is 10.9 Å². The number of phenolic OH excluding ortho intramolecular Hbond substituents is 1. The minimum Gasteiger partial charge on any atom is -0.508 e. The third-order valence-electron chi connectivity index (χ3n) is 2.37. The number of hydrogen-bond donors (Lipinski definition) is 3. The number of aromatic hydroxyl groups is 1. The van der Waals surface area contributed by atoms with Gasteiger partial charge in [-0.05, 0) is 24.3 Å². The molecular weight excluding hydrogens is 236 g/mol. The van der Waals surface area contributed by atoms with Gasteiger partial charge in [-0.25, -0.2) is 5.43 Å². The Hall–Kier alpha value is -1.71. The highest BCUT2D eigenvalue weighted by Gasteiger charge is 2.04. The van der Waals surface area contributed by atoms with E-state index in [0.717, 1.165) is 5.69 Å². The van der Waals surface area contributed by atoms with Crippen LogP contribution in [0, 0.1) is 0 Å². The third kappa shape index (κ3) is 3.12. The number of rotatable bonds is 4. The molecule has 88 valence electrons. The number of benzene rings is 2. The summed E-state index contributed by atoms with van der Waals surface area (Å²) in [6.45, 7) is 0.445. The Bertz CT molecular complexity index is 468. The van der Waals surface area contributed by atoms with E-state index >= 15 is 0 Å². The molecule has 0 amide bonds. The highest BCUT2D eigenvalue weighted by atomic mass is 35.5. The molecule has 0 saturated carbocycles. The molecule has 0 heterocycles. The minimum absolute atomic E-state index is 0.194. The van der Waals surface area contributed by atoms with Crippen LogP contribution >= 0.6 is 11.6 Å². The molecule has 0 aromatic heterocycles. The van der Waals surface area contributed by atoms with E-state index in [9.17, 15) is 5.11 Å². The van der Waals surface area contributed by atoms with E-state index in [-0.39, 0.29) is 5.75 Å². The van der Waals surface area contributed by atoms with Gasteiger partial charge >= 0.3 is 0 Å². The van der Waals surface area contributed by atoms with Crippen molar-refractivity contribution < 1.29 is 5.11 Å². The number of phenols is 1. The maximum absolute atomic E-state index is 9.64. The van der Waals surface area contributed by atoms with Crippen LogP contribution in [0.5, 0.6) is 5.75 Å². The SMILES string of the molecule is Oc1cccc(Cl)c1CNNc1ccccc1. The molecule has 0 atom stereocenters. The van der Waals surface area contributed by atoms with Gasteiger partial charge in [0, 0.05) is 22.8 Å². The molecule has 0 aliphatic heterocycles. The Morgan fingerprint density at radius 2 is 1.76 bits per heavy atom. The first-order chi connectivity index (χ1) is 8.27. The summed E-state index contributed by atoms with van der Waals surface area (Å²) in [5.41, 5.74) is 7.67. The summed E-state index contributed by atoms with van der Waals surface area (Å²) < 4.78 is 0. The Kier molecular flexibility index (Phi) is 3.85. The van der Waals surface area contributed by atoms with Gasteiger partial charge in [0.25, 0.3) is 0 Å². The lowest BCUT2D eigenvalue weighted by molar-refractivity contribution is 0.466. The molecule has 0 fully saturated rings. The number of anilines is 1. The molecule has 0 unspecified atom stereocenters. The predicted octanol–water partition coefficient (Wildman–Crippen LogP) is 3.16. The standard InChI is InChI=1S/C13H13ClN2O/c14-12-7-4-8-13(17)11(12)9-15-16-10-5-2-1-3-6-10/h1-8,15-17H,9H2. The summed E-state index contributed by atoms with van der Waals surface area (Å²) in [7, 11) is 0. The summed E-state index contributed by atoms with van der Waals surface area (Å²) in [6.07, 6.45) is 0. The van der Waals surface area contributed by atoms with Gasteiger partial charge < -0.3 is 10.5 Å². The fraction of sp³-hybridized carbons (Fsp3) is 0.0769. The quantitative estimate of drug-likeness (QED) is 0.729. The van der Waals surface area contributed by atoms with Crippen molar-refractivity contribution in [2.75, 3.05) is 5.43 Å². The second-order valence-corrected chi connectivity index (χ2v) is 3.99. The maximum Gasteiger partial charge on any atom is 0.121 e. The fourth-order valence-corrected chi connectivity index (χ4v) is 1.71. The molecule has 0 bridgehead atoms. The highest BCUT2D eigenvalue weighted by molar-refractivity contribution is 6.31. The fourth-order valence-electron chi connectivity index (χ4n) is 1.48. The van der Waals surface area contributed by atoms with Crippen LogP contribution in [0.2, 0.25) is 5.02 Å². The van der Waals surface area contributed by atoms with Gasteiger partial charge in [0.1, 0.15) is 5.75 Å². The van der Waals surface area contributed by atoms with Crippen LogP contribution in [0.15, 0.2) is 48.5 Å². The predicted molar refractivity (Wildman–Crippen MR) is 70.0 cm³/mol. The largest absolute Gasteiger partial charge is 0.508 e. The average molecular weight is 249 g/mol. The van der Waals surface area contributed by atoms with Gasteiger partial charge in [-0.1, -0.05) is 35.9 Å². The van der Waals surface area contributed by atoms with Crippen LogP contribution in [0.25, 0.3) is 0 Å². The van der Waals surface area contributed by atoms with E-state index in [1.165, 1.54) is 0 Å². The summed E-state index contributed by atoms with van der Waals surface area (Å²) in [5.74, 6) is 0.194. The van der Waals surface area contributed by atoms with Crippen molar-refractivity contribution in [2.45, 2.75) is 6.54 Å². The first-order valence-electron chi connectivity index (χ1n) is 5.27. The van der Waals surface area contributed by atoms with Crippen molar-refractivity contribution in [3.63, 3.8) is 0 Å². The Labute approximate surface area is 105 Å². The van der Waals surface area contributed by atoms with E-state index in [2.05, 4.69) is 10.9 Å². The van der Waals surface area contributed by atoms with E-state index in [1.807, 2.05) is 30.3 Å². The number of nitrogens with one attached hydrogen (secondary N) is 2. The zero-order chi connectivity index (χ0) is 12.1. The Balaban J connectivity index is 1.95. The van der Waals surface area contributed by atoms with Crippen LogP contribution in [0.4, 0.5) is 5.69 Å². The molecule has 0 spiro atoms. The van der Waals surface area contributed by atoms with Gasteiger partial charge in [0.2, 0.25) is 0 Å². The van der Waals surface area contributed by atoms with E-state index in [0.29, 0.717) is 17.1 Å². The Morgan fingerprint density at radius 1 is 1.00 bits per heavy atom. The third-order valence-corrected chi connectivity index (χ3v) is 2.72. The van der Waals surface area contributed by atoms with Gasteiger partial charge in [0.15, 0.2) is 0 Å². The highest BCUT2D eigenvalue weighted by Crippen LogP contribution is 2.24. The smallest absolute Gasteiger partial charge is 0.121 e. The molecule has 0 aliphatic carbocycles. The normalized spacial score (nSPS) is 10.2. The topological polar surface area (TPSA) is 44.3 Å². The lowest BCUT2D eigenvalue weighted by Crippen LogP contribution is -2.21. The first kappa shape index (κ1) is 11.8. The summed E-state index contributed by atoms with van der Waals surface area (Å²) in [5, 5.41) is 10.2. The molecule has 0 saturated heterocycles. The minimum atomic E-state index is 0.194. The van der Waals surface area contributed by atoms with Crippen LogP contribution in [-0.4, -0.2) is 5.11 Å². The van der Waals surface area contributed by atoms with Gasteiger partial charge in [-0.3, -0.25) is 0 Å². The summed E-state index contributed by atoms with van der Waals surface area (Å²) >= 11 is 5.98. The Morgan fingerprint density at radius 3 is 2.47 bits per heavy atom. The van der Waals surface area contributed by atoms with Gasteiger partial charge in [0.05, 0.1) is 0 Å². The molecule has 3 nitrogen and oxygen atoms in total. The van der Waals surface area contributed by atoms with Gasteiger partial charge in [-0.2, -0.15) is 0 Å². The molecule has 0 aliphatic rings. The zero-order valence-electron chi connectivity index (χ0n) is 9.15. The zero-order valence-corrected chi connectivity index (χ0v) is 9.91. The number of halogens is 1. The number of hydrazine groups is 1. The van der Waals surface area contributed by atoms with Crippen LogP contribution in [0.3, 0.4) is 0 Å². The molecule has 2 aromatic rings. The van der Waals surface area contributed by atoms with Crippen molar-refractivity contribution >= 4 is 17.3 Å². The molecule has 0 radical (unpaired) electrons.